The number of nitrogens with zero attached hydrogens (tertiary/aromatic N) is 4. The molecule has 0 bridgehead atoms. The van der Waals surface area contributed by atoms with E-state index in [0.29, 0.717) is 17.7 Å². The number of amides is 2. The van der Waals surface area contributed by atoms with Crippen molar-refractivity contribution in [3.05, 3.63) is 81.7 Å². The maximum atomic E-state index is 12.4. The lowest BCUT2D eigenvalue weighted by Crippen LogP contribution is -2.37. The summed E-state index contributed by atoms with van der Waals surface area (Å²) in [5, 5.41) is 3.66. The summed E-state index contributed by atoms with van der Waals surface area (Å²) in [4.78, 5) is 28.6. The molecule has 0 saturated heterocycles. The largest absolute Gasteiger partial charge is 0.376 e. The first-order valence-corrected chi connectivity index (χ1v) is 7.82. The Kier molecular flexibility index (Phi) is 5.09. The average molecular weight is 336 g/mol. The molecule has 0 aliphatic carbocycles. The molecule has 1 aliphatic rings. The number of rotatable bonds is 7. The van der Waals surface area contributed by atoms with E-state index < -0.39 is 6.04 Å². The Morgan fingerprint density at radius 3 is 2.20 bits per heavy atom. The number of ether oxygens (including phenoxy) is 1. The van der Waals surface area contributed by atoms with Crippen molar-refractivity contribution < 1.29 is 14.3 Å². The number of azide groups is 1. The van der Waals surface area contributed by atoms with Gasteiger partial charge >= 0.3 is 0 Å². The predicted octanol–water partition coefficient (Wildman–Crippen LogP) is 3.18. The van der Waals surface area contributed by atoms with Gasteiger partial charge < -0.3 is 4.74 Å². The van der Waals surface area contributed by atoms with E-state index >= 15 is 0 Å². The summed E-state index contributed by atoms with van der Waals surface area (Å²) < 4.78 is 5.58. The Hall–Kier alpha value is -3.15. The van der Waals surface area contributed by atoms with Crippen molar-refractivity contribution in [2.75, 3.05) is 13.2 Å². The van der Waals surface area contributed by atoms with Gasteiger partial charge in [-0.2, -0.15) is 0 Å². The van der Waals surface area contributed by atoms with Gasteiger partial charge in [-0.15, -0.1) is 0 Å². The molecule has 0 fully saturated rings. The maximum absolute atomic E-state index is 12.4. The van der Waals surface area contributed by atoms with Crippen LogP contribution in [0.5, 0.6) is 0 Å². The highest BCUT2D eigenvalue weighted by Crippen LogP contribution is 2.23. The molecule has 0 N–H and O–H groups in total. The molecule has 7 nitrogen and oxygen atoms in total. The van der Waals surface area contributed by atoms with Crippen LogP contribution in [-0.2, 0) is 11.3 Å². The fourth-order valence-electron chi connectivity index (χ4n) is 2.70. The number of benzene rings is 2. The first-order chi connectivity index (χ1) is 12.2. The van der Waals surface area contributed by atoms with Crippen molar-refractivity contribution in [2.45, 2.75) is 12.6 Å². The van der Waals surface area contributed by atoms with Crippen molar-refractivity contribution in [2.24, 2.45) is 5.11 Å². The van der Waals surface area contributed by atoms with Crippen LogP contribution in [0.2, 0.25) is 0 Å². The summed E-state index contributed by atoms with van der Waals surface area (Å²) in [5.74, 6) is -0.747. The van der Waals surface area contributed by atoms with Crippen molar-refractivity contribution in [1.82, 2.24) is 4.90 Å². The van der Waals surface area contributed by atoms with Crippen molar-refractivity contribution >= 4 is 11.8 Å². The summed E-state index contributed by atoms with van der Waals surface area (Å²) in [7, 11) is 0. The molecule has 1 aliphatic heterocycles. The Bertz CT molecular complexity index is 796. The van der Waals surface area contributed by atoms with Crippen LogP contribution in [0.3, 0.4) is 0 Å². The lowest BCUT2D eigenvalue weighted by Gasteiger charge is -2.19. The molecule has 2 amide bonds. The zero-order valence-corrected chi connectivity index (χ0v) is 13.4. The van der Waals surface area contributed by atoms with Crippen molar-refractivity contribution in [1.29, 1.82) is 0 Å². The molecule has 25 heavy (non-hydrogen) atoms. The van der Waals surface area contributed by atoms with Crippen LogP contribution in [0.4, 0.5) is 0 Å². The fraction of sp³-hybridized carbons (Fsp3) is 0.222. The Morgan fingerprint density at radius 2 is 1.60 bits per heavy atom. The summed E-state index contributed by atoms with van der Waals surface area (Å²) >= 11 is 0. The van der Waals surface area contributed by atoms with Crippen LogP contribution in [-0.4, -0.2) is 35.9 Å². The highest BCUT2D eigenvalue weighted by Gasteiger charge is 2.36. The van der Waals surface area contributed by atoms with Crippen LogP contribution < -0.4 is 0 Å². The first kappa shape index (κ1) is 16.7. The van der Waals surface area contributed by atoms with Gasteiger partial charge in [-0.05, 0) is 23.2 Å². The van der Waals surface area contributed by atoms with E-state index in [1.807, 2.05) is 30.3 Å². The second-order valence-corrected chi connectivity index (χ2v) is 5.63. The molecule has 3 rings (SSSR count). The molecule has 0 radical (unpaired) electrons. The Labute approximate surface area is 144 Å². The maximum Gasteiger partial charge on any atom is 0.261 e. The molecule has 1 unspecified atom stereocenters. The zero-order chi connectivity index (χ0) is 17.6. The van der Waals surface area contributed by atoms with Crippen LogP contribution in [0.1, 0.15) is 26.3 Å². The second kappa shape index (κ2) is 7.61. The molecule has 7 heteroatoms. The van der Waals surface area contributed by atoms with E-state index in [2.05, 4.69) is 10.0 Å². The molecule has 1 heterocycles. The number of carbonyl (C=O) groups excluding carboxylic acids is 2. The van der Waals surface area contributed by atoms with Gasteiger partial charge in [0, 0.05) is 11.5 Å². The molecular weight excluding hydrogens is 320 g/mol. The zero-order valence-electron chi connectivity index (χ0n) is 13.4. The SMILES string of the molecule is [N-]=[N+]=NC(COCc1ccccc1)CN1C(=O)c2ccccc2C1=O. The quantitative estimate of drug-likeness (QED) is 0.336. The lowest BCUT2D eigenvalue weighted by atomic mass is 10.1. The van der Waals surface area contributed by atoms with Gasteiger partial charge in [0.05, 0.1) is 30.4 Å². The number of hydrogen-bond donors (Lipinski definition) is 0. The molecule has 2 aromatic rings. The Morgan fingerprint density at radius 1 is 1.00 bits per heavy atom. The van der Waals surface area contributed by atoms with E-state index in [-0.39, 0.29) is 25.0 Å². The third-order valence-corrected chi connectivity index (χ3v) is 3.91. The minimum absolute atomic E-state index is 0.00873. The molecule has 1 atom stereocenters. The molecule has 126 valence electrons. The highest BCUT2D eigenvalue weighted by atomic mass is 16.5. The van der Waals surface area contributed by atoms with Gasteiger partial charge in [0.15, 0.2) is 0 Å². The molecule has 2 aromatic carbocycles. The van der Waals surface area contributed by atoms with E-state index in [0.717, 1.165) is 10.5 Å². The summed E-state index contributed by atoms with van der Waals surface area (Å²) in [5.41, 5.74) is 10.5. The van der Waals surface area contributed by atoms with Crippen LogP contribution in [0, 0.1) is 0 Å². The predicted molar refractivity (Wildman–Crippen MR) is 90.8 cm³/mol. The van der Waals surface area contributed by atoms with Crippen LogP contribution in [0.25, 0.3) is 10.4 Å². The van der Waals surface area contributed by atoms with Gasteiger partial charge in [0.1, 0.15) is 0 Å². The second-order valence-electron chi connectivity index (χ2n) is 5.63. The summed E-state index contributed by atoms with van der Waals surface area (Å²) in [6.07, 6.45) is 0. The molecular formula is C18H16N4O3. The number of imide groups is 1. The summed E-state index contributed by atoms with van der Waals surface area (Å²) in [6.45, 7) is 0.470. The standard InChI is InChI=1S/C18H16N4O3/c19-21-20-14(12-25-11-13-6-2-1-3-7-13)10-22-17(23)15-8-4-5-9-16(15)18(22)24/h1-9,14H,10-12H2. The minimum Gasteiger partial charge on any atom is -0.376 e. The first-order valence-electron chi connectivity index (χ1n) is 7.82. The van der Waals surface area contributed by atoms with Crippen LogP contribution in [0.15, 0.2) is 59.7 Å². The highest BCUT2D eigenvalue weighted by molar-refractivity contribution is 6.21. The van der Waals surface area contributed by atoms with Gasteiger partial charge in [0.25, 0.3) is 11.8 Å². The third-order valence-electron chi connectivity index (χ3n) is 3.91. The molecule has 0 aromatic heterocycles. The summed E-state index contributed by atoms with van der Waals surface area (Å²) in [6, 6.07) is 15.6. The monoisotopic (exact) mass is 336 g/mol. The smallest absolute Gasteiger partial charge is 0.261 e. The normalized spacial score (nSPS) is 14.2. The Balaban J connectivity index is 1.63. The molecule has 0 saturated carbocycles. The average Bonchev–Trinajstić information content (AvgIpc) is 2.88. The molecule has 0 spiro atoms. The van der Waals surface area contributed by atoms with Gasteiger partial charge in [-0.1, -0.05) is 47.6 Å². The van der Waals surface area contributed by atoms with Crippen molar-refractivity contribution in [3.8, 4) is 0 Å². The lowest BCUT2D eigenvalue weighted by molar-refractivity contribution is 0.0592. The number of fused-ring (bicyclic) bond motifs is 1. The van der Waals surface area contributed by atoms with Crippen LogP contribution >= 0.6 is 0 Å². The topological polar surface area (TPSA) is 95.4 Å². The van der Waals surface area contributed by atoms with E-state index in [9.17, 15) is 9.59 Å². The fourth-order valence-corrected chi connectivity index (χ4v) is 2.70. The number of hydrogen-bond acceptors (Lipinski definition) is 4. The third kappa shape index (κ3) is 3.68. The minimum atomic E-state index is -0.643. The van der Waals surface area contributed by atoms with E-state index in [1.165, 1.54) is 0 Å². The number of carbonyl (C=O) groups is 2. The van der Waals surface area contributed by atoms with Crippen molar-refractivity contribution in [3.63, 3.8) is 0 Å². The van der Waals surface area contributed by atoms with Gasteiger partial charge in [-0.25, -0.2) is 0 Å². The van der Waals surface area contributed by atoms with E-state index in [4.69, 9.17) is 10.3 Å². The van der Waals surface area contributed by atoms with Gasteiger partial charge in [0.2, 0.25) is 0 Å². The van der Waals surface area contributed by atoms with E-state index in [1.54, 1.807) is 24.3 Å². The van der Waals surface area contributed by atoms with Gasteiger partial charge in [-0.3, -0.25) is 14.5 Å².